The number of imide groups is 1. The third-order valence-corrected chi connectivity index (χ3v) is 5.47. The van der Waals surface area contributed by atoms with Crippen molar-refractivity contribution in [2.24, 2.45) is 0 Å². The van der Waals surface area contributed by atoms with Crippen LogP contribution >= 0.6 is 0 Å². The minimum atomic E-state index is -0.400. The molecule has 164 valence electrons. The predicted molar refractivity (Wildman–Crippen MR) is 119 cm³/mol. The smallest absolute Gasteiger partial charge is 0.261 e. The summed E-state index contributed by atoms with van der Waals surface area (Å²) in [4.78, 5) is 57.6. The number of aryl methyl sites for hydroxylation is 1. The van der Waals surface area contributed by atoms with Crippen LogP contribution in [0.2, 0.25) is 0 Å². The van der Waals surface area contributed by atoms with E-state index in [9.17, 15) is 19.2 Å². The summed E-state index contributed by atoms with van der Waals surface area (Å²) in [5.74, 6) is -1.17. The Bertz CT molecular complexity index is 1500. The van der Waals surface area contributed by atoms with E-state index in [4.69, 9.17) is 0 Å². The molecular formula is C23H18N6O4. The third-order valence-electron chi connectivity index (χ3n) is 5.47. The molecule has 4 aromatic rings. The molecule has 0 saturated heterocycles. The van der Waals surface area contributed by atoms with Crippen LogP contribution in [0, 0.1) is 6.92 Å². The Balaban J connectivity index is 1.34. The third kappa shape index (κ3) is 3.47. The molecule has 10 nitrogen and oxygen atoms in total. The van der Waals surface area contributed by atoms with Crippen LogP contribution in [-0.4, -0.2) is 48.9 Å². The van der Waals surface area contributed by atoms with Crippen molar-refractivity contribution < 1.29 is 14.4 Å². The monoisotopic (exact) mass is 442 g/mol. The molecule has 0 saturated carbocycles. The first-order valence-electron chi connectivity index (χ1n) is 10.2. The molecule has 0 aliphatic carbocycles. The second-order valence-electron chi connectivity index (χ2n) is 7.65. The Morgan fingerprint density at radius 1 is 1.06 bits per heavy atom. The summed E-state index contributed by atoms with van der Waals surface area (Å²) < 4.78 is 1.46. The molecule has 0 spiro atoms. The van der Waals surface area contributed by atoms with E-state index in [0.717, 1.165) is 10.5 Å². The maximum atomic E-state index is 12.7. The molecule has 0 fully saturated rings. The quantitative estimate of drug-likeness (QED) is 0.455. The van der Waals surface area contributed by atoms with Crippen LogP contribution in [0.15, 0.2) is 59.8 Å². The fourth-order valence-corrected chi connectivity index (χ4v) is 3.83. The number of fused-ring (bicyclic) bond motifs is 2. The molecule has 2 aromatic carbocycles. The summed E-state index contributed by atoms with van der Waals surface area (Å²) in [6.07, 6.45) is 2.62. The van der Waals surface area contributed by atoms with Gasteiger partial charge in [0, 0.05) is 13.0 Å². The highest BCUT2D eigenvalue weighted by molar-refractivity contribution is 6.21. The number of H-pyrrole nitrogens is 1. The molecule has 0 bridgehead atoms. The van der Waals surface area contributed by atoms with Gasteiger partial charge in [-0.1, -0.05) is 23.8 Å². The minimum absolute atomic E-state index is 0.0406. The highest BCUT2D eigenvalue weighted by Crippen LogP contribution is 2.25. The van der Waals surface area contributed by atoms with Gasteiger partial charge in [-0.25, -0.2) is 9.67 Å². The second kappa shape index (κ2) is 7.83. The van der Waals surface area contributed by atoms with E-state index in [2.05, 4.69) is 20.4 Å². The van der Waals surface area contributed by atoms with Gasteiger partial charge in [0.1, 0.15) is 5.39 Å². The number of nitrogens with zero attached hydrogens (tertiary/aromatic N) is 4. The van der Waals surface area contributed by atoms with Crippen LogP contribution in [-0.2, 0) is 4.79 Å². The number of para-hydroxylation sites is 2. The molecule has 3 heterocycles. The highest BCUT2D eigenvalue weighted by Gasteiger charge is 2.35. The fourth-order valence-electron chi connectivity index (χ4n) is 3.83. The van der Waals surface area contributed by atoms with Crippen molar-refractivity contribution in [3.63, 3.8) is 0 Å². The van der Waals surface area contributed by atoms with Crippen molar-refractivity contribution in [1.82, 2.24) is 24.6 Å². The summed E-state index contributed by atoms with van der Waals surface area (Å²) >= 11 is 0. The summed E-state index contributed by atoms with van der Waals surface area (Å²) in [6, 6.07) is 12.0. The van der Waals surface area contributed by atoms with E-state index in [0.29, 0.717) is 33.5 Å². The number of carbonyl (C=O) groups is 3. The molecule has 2 aromatic heterocycles. The highest BCUT2D eigenvalue weighted by atomic mass is 16.2. The molecule has 0 radical (unpaired) electrons. The number of rotatable bonds is 5. The molecule has 5 rings (SSSR count). The van der Waals surface area contributed by atoms with Gasteiger partial charge in [0.25, 0.3) is 17.4 Å². The van der Waals surface area contributed by atoms with Crippen LogP contribution in [0.4, 0.5) is 5.69 Å². The van der Waals surface area contributed by atoms with Crippen LogP contribution in [0.5, 0.6) is 0 Å². The van der Waals surface area contributed by atoms with Gasteiger partial charge < -0.3 is 10.3 Å². The molecule has 1 aliphatic rings. The maximum absolute atomic E-state index is 12.7. The van der Waals surface area contributed by atoms with E-state index in [-0.39, 0.29) is 24.4 Å². The standard InChI is InChI=1S/C23H18N6O4/c1-13-6-7-14-15(10-13)23(33)28(22(14)32)9-8-19(30)27-17-4-2-3-5-18(17)29-20-16(11-26-29)21(31)25-12-24-20/h2-7,10-12H,8-9H2,1H3,(H,27,30)(H,24,25,31). The van der Waals surface area contributed by atoms with Gasteiger partial charge in [-0.3, -0.25) is 24.1 Å². The number of aromatic nitrogens is 4. The van der Waals surface area contributed by atoms with Crippen molar-refractivity contribution >= 4 is 34.4 Å². The lowest BCUT2D eigenvalue weighted by Gasteiger charge is -2.15. The average molecular weight is 442 g/mol. The molecule has 10 heteroatoms. The maximum Gasteiger partial charge on any atom is 0.261 e. The Hall–Kier alpha value is -4.60. The van der Waals surface area contributed by atoms with Gasteiger partial charge in [-0.2, -0.15) is 5.10 Å². The Morgan fingerprint density at radius 3 is 2.70 bits per heavy atom. The molecule has 0 unspecified atom stereocenters. The minimum Gasteiger partial charge on any atom is -0.324 e. The van der Waals surface area contributed by atoms with Crippen molar-refractivity contribution in [3.05, 3.63) is 82.0 Å². The van der Waals surface area contributed by atoms with Crippen molar-refractivity contribution in [2.45, 2.75) is 13.3 Å². The van der Waals surface area contributed by atoms with Gasteiger partial charge in [-0.15, -0.1) is 0 Å². The topological polar surface area (TPSA) is 130 Å². The lowest BCUT2D eigenvalue weighted by Crippen LogP contribution is -2.33. The second-order valence-corrected chi connectivity index (χ2v) is 7.65. The first-order chi connectivity index (χ1) is 15.9. The molecule has 2 N–H and O–H groups in total. The zero-order chi connectivity index (χ0) is 23.1. The van der Waals surface area contributed by atoms with Crippen molar-refractivity contribution in [2.75, 3.05) is 11.9 Å². The van der Waals surface area contributed by atoms with E-state index in [1.165, 1.54) is 17.2 Å². The predicted octanol–water partition coefficient (Wildman–Crippen LogP) is 2.04. The van der Waals surface area contributed by atoms with E-state index < -0.39 is 11.8 Å². The van der Waals surface area contributed by atoms with E-state index in [1.54, 1.807) is 42.5 Å². The number of aromatic amines is 1. The zero-order valence-corrected chi connectivity index (χ0v) is 17.5. The summed E-state index contributed by atoms with van der Waals surface area (Å²) in [5.41, 5.74) is 2.60. The normalized spacial score (nSPS) is 12.9. The summed E-state index contributed by atoms with van der Waals surface area (Å²) in [5, 5.41) is 7.36. The number of carbonyl (C=O) groups excluding carboxylic acids is 3. The first-order valence-corrected chi connectivity index (χ1v) is 10.2. The fraction of sp³-hybridized carbons (Fsp3) is 0.130. The number of hydrogen-bond acceptors (Lipinski definition) is 6. The van der Waals surface area contributed by atoms with Crippen LogP contribution in [0.3, 0.4) is 0 Å². The average Bonchev–Trinajstić information content (AvgIpc) is 3.33. The van der Waals surface area contributed by atoms with Gasteiger partial charge in [0.05, 0.1) is 35.0 Å². The number of benzene rings is 2. The van der Waals surface area contributed by atoms with Crippen LogP contribution in [0.1, 0.15) is 32.7 Å². The molecule has 1 aliphatic heterocycles. The number of nitrogens with one attached hydrogen (secondary N) is 2. The van der Waals surface area contributed by atoms with Crippen molar-refractivity contribution in [3.8, 4) is 5.69 Å². The Morgan fingerprint density at radius 2 is 1.85 bits per heavy atom. The van der Waals surface area contributed by atoms with Crippen molar-refractivity contribution in [1.29, 1.82) is 0 Å². The SMILES string of the molecule is Cc1ccc2c(c1)C(=O)N(CCC(=O)Nc1ccccc1-n1ncc3c(=O)[nH]cnc31)C2=O. The summed E-state index contributed by atoms with van der Waals surface area (Å²) in [6.45, 7) is 1.81. The van der Waals surface area contributed by atoms with Gasteiger partial charge in [0.2, 0.25) is 5.91 Å². The molecule has 33 heavy (non-hydrogen) atoms. The number of anilines is 1. The van der Waals surface area contributed by atoms with Crippen LogP contribution < -0.4 is 10.9 Å². The lowest BCUT2D eigenvalue weighted by molar-refractivity contribution is -0.116. The van der Waals surface area contributed by atoms with Gasteiger partial charge >= 0.3 is 0 Å². The zero-order valence-electron chi connectivity index (χ0n) is 17.5. The van der Waals surface area contributed by atoms with Crippen LogP contribution in [0.25, 0.3) is 16.7 Å². The largest absolute Gasteiger partial charge is 0.324 e. The van der Waals surface area contributed by atoms with Gasteiger partial charge in [-0.05, 0) is 31.2 Å². The number of hydrogen-bond donors (Lipinski definition) is 2. The molecule has 0 atom stereocenters. The van der Waals surface area contributed by atoms with E-state index >= 15 is 0 Å². The number of amides is 3. The molecular weight excluding hydrogens is 424 g/mol. The van der Waals surface area contributed by atoms with Gasteiger partial charge in [0.15, 0.2) is 5.65 Å². The lowest BCUT2D eigenvalue weighted by atomic mass is 10.1. The first kappa shape index (κ1) is 20.3. The molecule has 3 amide bonds. The summed E-state index contributed by atoms with van der Waals surface area (Å²) in [7, 11) is 0. The Kier molecular flexibility index (Phi) is 4.82. The van der Waals surface area contributed by atoms with E-state index in [1.807, 2.05) is 6.92 Å². The Labute approximate surface area is 186 Å².